The number of hydrogen-bond donors (Lipinski definition) is 0. The molecule has 1 aromatic rings. The van der Waals surface area contributed by atoms with Crippen LogP contribution in [0.3, 0.4) is 0 Å². The van der Waals surface area contributed by atoms with Crippen molar-refractivity contribution >= 4 is 20.3 Å². The van der Waals surface area contributed by atoms with Gasteiger partial charge in [-0.05, 0) is 42.4 Å². The van der Waals surface area contributed by atoms with Crippen molar-refractivity contribution < 1.29 is 14.0 Å². The summed E-state index contributed by atoms with van der Waals surface area (Å²) in [5, 5.41) is 0.250. The van der Waals surface area contributed by atoms with Crippen molar-refractivity contribution in [3.63, 3.8) is 0 Å². The second-order valence-electron chi connectivity index (χ2n) is 8.76. The maximum atomic E-state index is 10.8. The molecule has 0 N–H and O–H groups in total. The zero-order chi connectivity index (χ0) is 19.9. The Hall–Kier alpha value is -1.21. The Morgan fingerprint density at radius 1 is 1.00 bits per heavy atom. The first-order valence-electron chi connectivity index (χ1n) is 9.97. The van der Waals surface area contributed by atoms with Crippen LogP contribution >= 0.6 is 0 Å². The highest BCUT2D eigenvalue weighted by Crippen LogP contribution is 2.36. The first kappa shape index (κ1) is 22.1. The molecule has 0 atom stereocenters. The van der Waals surface area contributed by atoms with Gasteiger partial charge < -0.3 is 14.1 Å². The average molecular weight is 393 g/mol. The molecular formula is C21H36N2O3Si. The van der Waals surface area contributed by atoms with E-state index in [-0.39, 0.29) is 5.04 Å². The van der Waals surface area contributed by atoms with Gasteiger partial charge in [-0.15, -0.1) is 0 Å². The summed E-state index contributed by atoms with van der Waals surface area (Å²) in [6.45, 7) is 18.5. The van der Waals surface area contributed by atoms with Crippen LogP contribution < -0.4 is 4.90 Å². The minimum absolute atomic E-state index is 0.250. The monoisotopic (exact) mass is 392 g/mol. The number of nitrogens with zero attached hydrogens (tertiary/aromatic N) is 2. The van der Waals surface area contributed by atoms with E-state index in [4.69, 9.17) is 9.16 Å². The van der Waals surface area contributed by atoms with Crippen LogP contribution in [0.25, 0.3) is 0 Å². The fourth-order valence-electron chi connectivity index (χ4n) is 2.86. The number of hydrogen-bond acceptors (Lipinski definition) is 5. The lowest BCUT2D eigenvalue weighted by molar-refractivity contribution is 0.0749. The van der Waals surface area contributed by atoms with Crippen LogP contribution in [0.4, 0.5) is 5.69 Å². The minimum Gasteiger partial charge on any atom is -0.414 e. The van der Waals surface area contributed by atoms with Crippen molar-refractivity contribution in [2.24, 2.45) is 0 Å². The maximum Gasteiger partial charge on any atom is 0.192 e. The van der Waals surface area contributed by atoms with Crippen LogP contribution in [0, 0.1) is 0 Å². The second kappa shape index (κ2) is 9.82. The van der Waals surface area contributed by atoms with E-state index in [1.54, 1.807) is 0 Å². The minimum atomic E-state index is -1.66. The summed E-state index contributed by atoms with van der Waals surface area (Å²) in [7, 11) is -1.66. The number of benzene rings is 1. The predicted molar refractivity (Wildman–Crippen MR) is 114 cm³/mol. The summed E-state index contributed by atoms with van der Waals surface area (Å²) in [6, 6.07) is 7.83. The van der Waals surface area contributed by atoms with Crippen molar-refractivity contribution in [2.75, 3.05) is 57.4 Å². The molecule has 1 aromatic carbocycles. The molecule has 0 aliphatic carbocycles. The number of carbonyl (C=O) groups is 1. The van der Waals surface area contributed by atoms with Gasteiger partial charge >= 0.3 is 0 Å². The van der Waals surface area contributed by atoms with E-state index in [1.165, 1.54) is 5.69 Å². The topological polar surface area (TPSA) is 42.0 Å². The van der Waals surface area contributed by atoms with Crippen LogP contribution in [0.2, 0.25) is 18.1 Å². The third-order valence-electron chi connectivity index (χ3n) is 5.82. The van der Waals surface area contributed by atoms with Gasteiger partial charge in [0.1, 0.15) is 6.29 Å². The van der Waals surface area contributed by atoms with Gasteiger partial charge in [-0.3, -0.25) is 9.69 Å². The molecule has 0 bridgehead atoms. The van der Waals surface area contributed by atoms with E-state index < -0.39 is 8.32 Å². The predicted octanol–water partition coefficient (Wildman–Crippen LogP) is 3.66. The molecule has 2 rings (SSSR count). The van der Waals surface area contributed by atoms with Crippen LogP contribution in [0.1, 0.15) is 31.1 Å². The highest BCUT2D eigenvalue weighted by Gasteiger charge is 2.36. The fourth-order valence-corrected chi connectivity index (χ4v) is 3.89. The molecule has 0 unspecified atom stereocenters. The number of piperazine rings is 1. The summed E-state index contributed by atoms with van der Waals surface area (Å²) in [5.41, 5.74) is 1.92. The molecule has 152 valence electrons. The molecule has 0 amide bonds. The molecule has 0 spiro atoms. The van der Waals surface area contributed by atoms with E-state index in [0.717, 1.165) is 51.2 Å². The van der Waals surface area contributed by atoms with Gasteiger partial charge in [-0.2, -0.15) is 0 Å². The number of ether oxygens (including phenoxy) is 1. The lowest BCUT2D eigenvalue weighted by Crippen LogP contribution is -2.47. The fraction of sp³-hybridized carbons (Fsp3) is 0.667. The molecule has 27 heavy (non-hydrogen) atoms. The van der Waals surface area contributed by atoms with E-state index in [0.29, 0.717) is 13.2 Å². The van der Waals surface area contributed by atoms with Crippen molar-refractivity contribution in [1.29, 1.82) is 0 Å². The summed E-state index contributed by atoms with van der Waals surface area (Å²) < 4.78 is 11.9. The smallest absolute Gasteiger partial charge is 0.192 e. The Bertz CT molecular complexity index is 576. The van der Waals surface area contributed by atoms with Gasteiger partial charge in [0.2, 0.25) is 0 Å². The summed E-state index contributed by atoms with van der Waals surface area (Å²) in [5.74, 6) is 0. The van der Waals surface area contributed by atoms with E-state index >= 15 is 0 Å². The number of carbonyl (C=O) groups excluding carboxylic acids is 1. The molecule has 1 aliphatic heterocycles. The highest BCUT2D eigenvalue weighted by atomic mass is 28.4. The third kappa shape index (κ3) is 6.71. The second-order valence-corrected chi connectivity index (χ2v) is 13.6. The molecule has 0 saturated carbocycles. The van der Waals surface area contributed by atoms with Gasteiger partial charge in [0, 0.05) is 44.0 Å². The molecule has 1 saturated heterocycles. The molecule has 0 radical (unpaired) electrons. The Balaban J connectivity index is 1.59. The SMILES string of the molecule is CC(C)(C)[Si](C)(C)OCCOCCN1CCN(c2ccc(C=O)cc2)CC1. The Labute approximate surface area is 165 Å². The number of aldehydes is 1. The molecule has 5 nitrogen and oxygen atoms in total. The van der Waals surface area contributed by atoms with Crippen molar-refractivity contribution in [2.45, 2.75) is 38.9 Å². The van der Waals surface area contributed by atoms with Crippen LogP contribution in [0.5, 0.6) is 0 Å². The molecular weight excluding hydrogens is 356 g/mol. The van der Waals surface area contributed by atoms with Gasteiger partial charge in [0.15, 0.2) is 8.32 Å². The Morgan fingerprint density at radius 2 is 1.63 bits per heavy atom. The Morgan fingerprint density at radius 3 is 2.19 bits per heavy atom. The summed E-state index contributed by atoms with van der Waals surface area (Å²) >= 11 is 0. The maximum absolute atomic E-state index is 10.8. The van der Waals surface area contributed by atoms with Crippen molar-refractivity contribution in [1.82, 2.24) is 4.90 Å². The van der Waals surface area contributed by atoms with Crippen LogP contribution in [-0.4, -0.2) is 72.0 Å². The Kier molecular flexibility index (Phi) is 8.03. The highest BCUT2D eigenvalue weighted by molar-refractivity contribution is 6.74. The normalized spacial score (nSPS) is 16.6. The van der Waals surface area contributed by atoms with Crippen molar-refractivity contribution in [3.8, 4) is 0 Å². The van der Waals surface area contributed by atoms with E-state index in [9.17, 15) is 4.79 Å². The summed E-state index contributed by atoms with van der Waals surface area (Å²) in [6.07, 6.45) is 0.888. The molecule has 1 aliphatic rings. The average Bonchev–Trinajstić information content (AvgIpc) is 2.64. The van der Waals surface area contributed by atoms with Crippen molar-refractivity contribution in [3.05, 3.63) is 29.8 Å². The van der Waals surface area contributed by atoms with E-state index in [2.05, 4.69) is 43.7 Å². The molecule has 1 heterocycles. The zero-order valence-corrected chi connectivity index (χ0v) is 18.7. The molecule has 0 aromatic heterocycles. The number of anilines is 1. The molecule has 1 fully saturated rings. The van der Waals surface area contributed by atoms with Gasteiger partial charge in [0.05, 0.1) is 19.8 Å². The lowest BCUT2D eigenvalue weighted by Gasteiger charge is -2.36. The van der Waals surface area contributed by atoms with Gasteiger partial charge in [0.25, 0.3) is 0 Å². The number of rotatable bonds is 9. The van der Waals surface area contributed by atoms with Crippen LogP contribution in [-0.2, 0) is 9.16 Å². The summed E-state index contributed by atoms with van der Waals surface area (Å²) in [4.78, 5) is 15.6. The van der Waals surface area contributed by atoms with Gasteiger partial charge in [-0.25, -0.2) is 0 Å². The third-order valence-corrected chi connectivity index (χ3v) is 10.4. The van der Waals surface area contributed by atoms with Crippen LogP contribution in [0.15, 0.2) is 24.3 Å². The first-order chi connectivity index (χ1) is 12.7. The standard InChI is InChI=1S/C21H36N2O3Si/c1-21(2,3)27(4,5)26-17-16-25-15-14-22-10-12-23(13-11-22)20-8-6-19(18-24)7-9-20/h6-9,18H,10-17H2,1-5H3. The quantitative estimate of drug-likeness (QED) is 0.364. The zero-order valence-electron chi connectivity index (χ0n) is 17.7. The lowest BCUT2D eigenvalue weighted by atomic mass is 10.2. The van der Waals surface area contributed by atoms with Gasteiger partial charge in [-0.1, -0.05) is 20.8 Å². The first-order valence-corrected chi connectivity index (χ1v) is 12.9. The van der Waals surface area contributed by atoms with E-state index in [1.807, 2.05) is 24.3 Å². The molecule has 6 heteroatoms. The largest absolute Gasteiger partial charge is 0.414 e.